The molecule has 0 fully saturated rings. The fourth-order valence-corrected chi connectivity index (χ4v) is 1.90. The van der Waals surface area contributed by atoms with E-state index in [4.69, 9.17) is 0 Å². The van der Waals surface area contributed by atoms with Crippen molar-refractivity contribution in [3.63, 3.8) is 0 Å². The second-order valence-electron chi connectivity index (χ2n) is 4.28. The van der Waals surface area contributed by atoms with Gasteiger partial charge in [-0.3, -0.25) is 4.79 Å². The van der Waals surface area contributed by atoms with E-state index in [1.165, 1.54) is 16.7 Å². The van der Waals surface area contributed by atoms with Crippen molar-refractivity contribution in [1.82, 2.24) is 0 Å². The number of carbonyl (C=O) groups excluding carboxylic acids is 1. The number of carbonyl (C=O) groups is 1. The minimum absolute atomic E-state index is 0.386. The molecule has 0 spiro atoms. The topological polar surface area (TPSA) is 17.1 Å². The van der Waals surface area contributed by atoms with Crippen molar-refractivity contribution in [1.29, 1.82) is 0 Å². The molecule has 1 heteroatoms. The summed E-state index contributed by atoms with van der Waals surface area (Å²) in [5.41, 5.74) is 3.86. The average Bonchev–Trinajstić information content (AvgIpc) is 2.14. The molecule has 1 nitrogen and oxygen atoms in total. The van der Waals surface area contributed by atoms with Crippen molar-refractivity contribution in [3.8, 4) is 0 Å². The monoisotopic (exact) mass is 204 g/mol. The lowest BCUT2D eigenvalue weighted by atomic mass is 10.0. The van der Waals surface area contributed by atoms with Crippen molar-refractivity contribution < 1.29 is 4.79 Å². The van der Waals surface area contributed by atoms with Gasteiger partial charge in [0, 0.05) is 12.8 Å². The van der Waals surface area contributed by atoms with E-state index in [1.807, 2.05) is 0 Å². The van der Waals surface area contributed by atoms with E-state index in [-0.39, 0.29) is 0 Å². The SMILES string of the molecule is CCCC(=O)CCc1cc(C)cc(C)c1. The van der Waals surface area contributed by atoms with Gasteiger partial charge in [-0.05, 0) is 32.3 Å². The molecule has 0 aliphatic carbocycles. The van der Waals surface area contributed by atoms with Crippen LogP contribution in [0.1, 0.15) is 42.9 Å². The summed E-state index contributed by atoms with van der Waals surface area (Å²) >= 11 is 0. The van der Waals surface area contributed by atoms with Gasteiger partial charge in [0.05, 0.1) is 0 Å². The van der Waals surface area contributed by atoms with Crippen molar-refractivity contribution in [2.45, 2.75) is 46.5 Å². The Balaban J connectivity index is 2.54. The van der Waals surface area contributed by atoms with E-state index >= 15 is 0 Å². The zero-order valence-electron chi connectivity index (χ0n) is 9.97. The summed E-state index contributed by atoms with van der Waals surface area (Å²) in [6.07, 6.45) is 3.27. The summed E-state index contributed by atoms with van der Waals surface area (Å²) in [6, 6.07) is 6.51. The lowest BCUT2D eigenvalue weighted by molar-refractivity contribution is -0.119. The van der Waals surface area contributed by atoms with Crippen LogP contribution in [0.25, 0.3) is 0 Å². The highest BCUT2D eigenvalue weighted by Gasteiger charge is 2.02. The smallest absolute Gasteiger partial charge is 0.133 e. The normalized spacial score (nSPS) is 10.3. The molecule has 0 saturated heterocycles. The largest absolute Gasteiger partial charge is 0.300 e. The quantitative estimate of drug-likeness (QED) is 0.716. The molecule has 0 heterocycles. The van der Waals surface area contributed by atoms with Gasteiger partial charge in [-0.2, -0.15) is 0 Å². The number of aryl methyl sites for hydroxylation is 3. The van der Waals surface area contributed by atoms with Crippen LogP contribution in [0.5, 0.6) is 0 Å². The minimum atomic E-state index is 0.386. The fraction of sp³-hybridized carbons (Fsp3) is 0.500. The predicted octanol–water partition coefficient (Wildman–Crippen LogP) is 3.61. The van der Waals surface area contributed by atoms with E-state index in [2.05, 4.69) is 39.0 Å². The van der Waals surface area contributed by atoms with Gasteiger partial charge in [0.1, 0.15) is 5.78 Å². The van der Waals surface area contributed by atoms with Crippen LogP contribution in [0, 0.1) is 13.8 Å². The molecular formula is C14H20O. The molecule has 0 aliphatic rings. The molecule has 0 atom stereocenters. The van der Waals surface area contributed by atoms with E-state index in [9.17, 15) is 4.79 Å². The molecule has 0 saturated carbocycles. The maximum Gasteiger partial charge on any atom is 0.133 e. The molecule has 0 unspecified atom stereocenters. The number of hydrogen-bond donors (Lipinski definition) is 0. The predicted molar refractivity (Wildman–Crippen MR) is 64.2 cm³/mol. The van der Waals surface area contributed by atoms with E-state index < -0.39 is 0 Å². The first kappa shape index (κ1) is 12.0. The first-order valence-corrected chi connectivity index (χ1v) is 5.70. The molecule has 0 aliphatic heterocycles. The summed E-state index contributed by atoms with van der Waals surface area (Å²) in [4.78, 5) is 11.4. The first-order chi connectivity index (χ1) is 7.11. The van der Waals surface area contributed by atoms with Gasteiger partial charge in [0.2, 0.25) is 0 Å². The van der Waals surface area contributed by atoms with Gasteiger partial charge in [0.25, 0.3) is 0 Å². The van der Waals surface area contributed by atoms with Gasteiger partial charge in [0.15, 0.2) is 0 Å². The zero-order chi connectivity index (χ0) is 11.3. The maximum absolute atomic E-state index is 11.4. The highest BCUT2D eigenvalue weighted by molar-refractivity contribution is 5.78. The Morgan fingerprint density at radius 1 is 1.07 bits per heavy atom. The average molecular weight is 204 g/mol. The van der Waals surface area contributed by atoms with Crippen LogP contribution in [-0.2, 0) is 11.2 Å². The van der Waals surface area contributed by atoms with Crippen molar-refractivity contribution >= 4 is 5.78 Å². The molecule has 0 aromatic heterocycles. The lowest BCUT2D eigenvalue weighted by Crippen LogP contribution is -1.99. The van der Waals surface area contributed by atoms with Crippen molar-refractivity contribution in [2.24, 2.45) is 0 Å². The Kier molecular flexibility index (Phi) is 4.54. The van der Waals surface area contributed by atoms with Gasteiger partial charge in [-0.15, -0.1) is 0 Å². The molecule has 0 radical (unpaired) electrons. The third-order valence-corrected chi connectivity index (χ3v) is 2.50. The Morgan fingerprint density at radius 3 is 2.20 bits per heavy atom. The summed E-state index contributed by atoms with van der Waals surface area (Å²) in [7, 11) is 0. The van der Waals surface area contributed by atoms with E-state index in [1.54, 1.807) is 0 Å². The molecule has 82 valence electrons. The fourth-order valence-electron chi connectivity index (χ4n) is 1.90. The highest BCUT2D eigenvalue weighted by Crippen LogP contribution is 2.11. The summed E-state index contributed by atoms with van der Waals surface area (Å²) in [5, 5.41) is 0. The van der Waals surface area contributed by atoms with E-state index in [0.29, 0.717) is 12.2 Å². The van der Waals surface area contributed by atoms with Gasteiger partial charge in [-0.1, -0.05) is 36.2 Å². The molecular weight excluding hydrogens is 184 g/mol. The summed E-state index contributed by atoms with van der Waals surface area (Å²) in [5.74, 6) is 0.386. The Morgan fingerprint density at radius 2 is 1.67 bits per heavy atom. The third kappa shape index (κ3) is 4.28. The van der Waals surface area contributed by atoms with Crippen LogP contribution in [0.2, 0.25) is 0 Å². The Bertz CT molecular complexity index is 319. The van der Waals surface area contributed by atoms with Gasteiger partial charge < -0.3 is 0 Å². The minimum Gasteiger partial charge on any atom is -0.300 e. The van der Waals surface area contributed by atoms with Gasteiger partial charge >= 0.3 is 0 Å². The molecule has 1 rings (SSSR count). The maximum atomic E-state index is 11.4. The highest BCUT2D eigenvalue weighted by atomic mass is 16.1. The Hall–Kier alpha value is -1.11. The molecule has 0 bridgehead atoms. The van der Waals surface area contributed by atoms with Crippen LogP contribution in [-0.4, -0.2) is 5.78 Å². The second-order valence-corrected chi connectivity index (χ2v) is 4.28. The molecule has 0 amide bonds. The molecule has 1 aromatic rings. The van der Waals surface area contributed by atoms with Crippen LogP contribution >= 0.6 is 0 Å². The molecule has 0 N–H and O–H groups in total. The second kappa shape index (κ2) is 5.69. The lowest BCUT2D eigenvalue weighted by Gasteiger charge is -2.04. The number of rotatable bonds is 5. The van der Waals surface area contributed by atoms with Crippen LogP contribution < -0.4 is 0 Å². The van der Waals surface area contributed by atoms with E-state index in [0.717, 1.165) is 19.3 Å². The number of ketones is 1. The summed E-state index contributed by atoms with van der Waals surface area (Å²) < 4.78 is 0. The van der Waals surface area contributed by atoms with Crippen molar-refractivity contribution in [3.05, 3.63) is 34.9 Å². The van der Waals surface area contributed by atoms with Crippen LogP contribution in [0.4, 0.5) is 0 Å². The summed E-state index contributed by atoms with van der Waals surface area (Å²) in [6.45, 7) is 6.25. The van der Waals surface area contributed by atoms with Crippen LogP contribution in [0.3, 0.4) is 0 Å². The molecule has 1 aromatic carbocycles. The van der Waals surface area contributed by atoms with Crippen molar-refractivity contribution in [2.75, 3.05) is 0 Å². The van der Waals surface area contributed by atoms with Gasteiger partial charge in [-0.25, -0.2) is 0 Å². The molecule has 15 heavy (non-hydrogen) atoms. The Labute approximate surface area is 92.5 Å². The van der Waals surface area contributed by atoms with Crippen LogP contribution in [0.15, 0.2) is 18.2 Å². The number of Topliss-reactive ketones (excluding diaryl/α,β-unsaturated/α-hetero) is 1. The number of hydrogen-bond acceptors (Lipinski definition) is 1. The third-order valence-electron chi connectivity index (χ3n) is 2.50. The first-order valence-electron chi connectivity index (χ1n) is 5.70. The standard InChI is InChI=1S/C14H20O/c1-4-5-14(15)7-6-13-9-11(2)8-12(3)10-13/h8-10H,4-7H2,1-3H3. The zero-order valence-corrected chi connectivity index (χ0v) is 9.97. The number of benzene rings is 1.